The summed E-state index contributed by atoms with van der Waals surface area (Å²) in [5.74, 6) is 0.562. The maximum absolute atomic E-state index is 11.5. The largest absolute Gasteiger partial charge is 0.424 e. The van der Waals surface area contributed by atoms with Crippen LogP contribution in [0.15, 0.2) is 59.0 Å². The molecule has 0 aliphatic heterocycles. The van der Waals surface area contributed by atoms with Gasteiger partial charge in [0, 0.05) is 9.58 Å². The van der Waals surface area contributed by atoms with Gasteiger partial charge in [0.1, 0.15) is 6.42 Å². The highest BCUT2D eigenvalue weighted by Crippen LogP contribution is 2.31. The molecule has 0 atom stereocenters. The molecule has 4 rings (SSSR count). The van der Waals surface area contributed by atoms with Crippen molar-refractivity contribution < 1.29 is 9.21 Å². The molecule has 0 fully saturated rings. The van der Waals surface area contributed by atoms with Gasteiger partial charge in [-0.1, -0.05) is 42.5 Å². The second kappa shape index (κ2) is 7.69. The summed E-state index contributed by atoms with van der Waals surface area (Å²) < 4.78 is 6.79. The van der Waals surface area contributed by atoms with Gasteiger partial charge >= 0.3 is 0 Å². The molecule has 27 heavy (non-hydrogen) atoms. The Kier molecular flexibility index (Phi) is 4.95. The lowest BCUT2D eigenvalue weighted by Gasteiger charge is -2.00. The van der Waals surface area contributed by atoms with Crippen LogP contribution in [0.5, 0.6) is 0 Å². The van der Waals surface area contributed by atoms with Gasteiger partial charge in [0.25, 0.3) is 0 Å². The van der Waals surface area contributed by atoms with Gasteiger partial charge in [-0.2, -0.15) is 0 Å². The van der Waals surface area contributed by atoms with Crippen LogP contribution < -0.4 is 11.1 Å². The normalized spacial score (nSPS) is 11.0. The van der Waals surface area contributed by atoms with E-state index in [1.165, 1.54) is 21.2 Å². The predicted octanol–water partition coefficient (Wildman–Crippen LogP) is 3.12. The molecule has 136 valence electrons. The number of carbonyl (C=O) groups is 1. The topological polar surface area (TPSA) is 94.0 Å². The Morgan fingerprint density at radius 2 is 1.85 bits per heavy atom. The van der Waals surface area contributed by atoms with Gasteiger partial charge in [-0.15, -0.1) is 21.5 Å². The van der Waals surface area contributed by atoms with Crippen molar-refractivity contribution in [2.24, 2.45) is 5.73 Å². The van der Waals surface area contributed by atoms with Crippen LogP contribution in [-0.4, -0.2) is 22.8 Å². The summed E-state index contributed by atoms with van der Waals surface area (Å²) in [4.78, 5) is 12.7. The number of nitrogens with two attached hydrogens (primary N) is 1. The number of hydrogen-bond acceptors (Lipinski definition) is 6. The lowest BCUT2D eigenvalue weighted by molar-refractivity contribution is -0.120. The second-order valence-corrected chi connectivity index (χ2v) is 7.25. The number of benzene rings is 2. The van der Waals surface area contributed by atoms with E-state index in [-0.39, 0.29) is 19.0 Å². The van der Waals surface area contributed by atoms with E-state index in [2.05, 4.69) is 51.9 Å². The Balaban J connectivity index is 1.51. The van der Waals surface area contributed by atoms with Crippen LogP contribution in [0.1, 0.15) is 16.7 Å². The van der Waals surface area contributed by atoms with Crippen LogP contribution in [0.4, 0.5) is 0 Å². The third-order valence-corrected chi connectivity index (χ3v) is 5.22. The van der Waals surface area contributed by atoms with Gasteiger partial charge in [-0.3, -0.25) is 4.79 Å². The number of aromatic nitrogens is 2. The van der Waals surface area contributed by atoms with Crippen molar-refractivity contribution in [2.45, 2.75) is 12.8 Å². The summed E-state index contributed by atoms with van der Waals surface area (Å²) in [6.07, 6.45) is 0.586. The van der Waals surface area contributed by atoms with Crippen molar-refractivity contribution in [3.8, 4) is 11.1 Å². The smallest absolute Gasteiger partial charge is 0.230 e. The molecule has 2 aromatic heterocycles. The molecular weight excluding hydrogens is 360 g/mol. The number of carbonyl (C=O) groups excluding carboxylic acids is 1. The second-order valence-electron chi connectivity index (χ2n) is 6.08. The number of amides is 1. The lowest BCUT2D eigenvalue weighted by Crippen LogP contribution is -2.30. The molecule has 0 spiro atoms. The minimum atomic E-state index is -0.233. The van der Waals surface area contributed by atoms with Crippen molar-refractivity contribution in [2.75, 3.05) is 6.67 Å². The summed E-state index contributed by atoms with van der Waals surface area (Å²) in [5.41, 5.74) is 7.68. The van der Waals surface area contributed by atoms with Gasteiger partial charge in [0.05, 0.1) is 13.1 Å². The van der Waals surface area contributed by atoms with Crippen LogP contribution in [0.3, 0.4) is 0 Å². The minimum absolute atomic E-state index is 0.0387. The summed E-state index contributed by atoms with van der Waals surface area (Å²) >= 11 is 1.71. The Morgan fingerprint density at radius 1 is 1.04 bits per heavy atom. The summed E-state index contributed by atoms with van der Waals surface area (Å²) in [6.45, 7) is 0.0899. The van der Waals surface area contributed by atoms with Gasteiger partial charge < -0.3 is 15.5 Å². The molecular formula is C20H18N4O2S. The fourth-order valence-corrected chi connectivity index (χ4v) is 3.97. The molecule has 0 saturated heterocycles. The Bertz CT molecular complexity index is 1070. The maximum atomic E-state index is 11.5. The predicted molar refractivity (Wildman–Crippen MR) is 105 cm³/mol. The molecule has 0 aliphatic rings. The highest BCUT2D eigenvalue weighted by molar-refractivity contribution is 7.19. The fraction of sp³-hybridized carbons (Fsp3) is 0.150. The van der Waals surface area contributed by atoms with Crippen molar-refractivity contribution in [3.05, 3.63) is 71.3 Å². The molecule has 3 N–H and O–H groups in total. The number of nitrogens with zero attached hydrogens (tertiary/aromatic N) is 2. The summed E-state index contributed by atoms with van der Waals surface area (Å²) in [7, 11) is 0. The molecule has 6 nitrogen and oxygen atoms in total. The molecule has 0 aliphatic carbocycles. The first-order chi connectivity index (χ1) is 13.2. The SMILES string of the molecule is NCNC(=O)Cc1nnc(Cc2cc3ccc(-c4ccccc4)cc3s2)o1. The molecule has 0 saturated carbocycles. The van der Waals surface area contributed by atoms with E-state index in [0.717, 1.165) is 4.88 Å². The van der Waals surface area contributed by atoms with Gasteiger partial charge in [-0.25, -0.2) is 0 Å². The van der Waals surface area contributed by atoms with Crippen LogP contribution in [0, 0.1) is 0 Å². The molecule has 1 amide bonds. The zero-order valence-electron chi connectivity index (χ0n) is 14.5. The molecule has 2 aromatic carbocycles. The third kappa shape index (κ3) is 4.05. The molecule has 0 unspecified atom stereocenters. The number of hydrogen-bond donors (Lipinski definition) is 2. The summed E-state index contributed by atoms with van der Waals surface area (Å²) in [6, 6.07) is 18.9. The average Bonchev–Trinajstić information content (AvgIpc) is 3.28. The molecule has 7 heteroatoms. The van der Waals surface area contributed by atoms with Gasteiger partial charge in [0.15, 0.2) is 0 Å². The van der Waals surface area contributed by atoms with E-state index >= 15 is 0 Å². The standard InChI is InChI=1S/C20H18N4O2S/c21-12-22-18(25)11-20-24-23-19(26-20)10-16-8-15-7-6-14(9-17(15)27-16)13-4-2-1-3-5-13/h1-9H,10-12,21H2,(H,22,25). The maximum Gasteiger partial charge on any atom is 0.230 e. The number of fused-ring (bicyclic) bond motifs is 1. The Labute approximate surface area is 160 Å². The number of rotatable bonds is 6. The third-order valence-electron chi connectivity index (χ3n) is 4.12. The van der Waals surface area contributed by atoms with Crippen LogP contribution >= 0.6 is 11.3 Å². The zero-order chi connectivity index (χ0) is 18.6. The molecule has 2 heterocycles. The van der Waals surface area contributed by atoms with E-state index in [0.29, 0.717) is 18.2 Å². The summed E-state index contributed by atoms with van der Waals surface area (Å²) in [5, 5.41) is 11.7. The minimum Gasteiger partial charge on any atom is -0.424 e. The van der Waals surface area contributed by atoms with Crippen LogP contribution in [0.25, 0.3) is 21.2 Å². The monoisotopic (exact) mass is 378 g/mol. The van der Waals surface area contributed by atoms with E-state index in [4.69, 9.17) is 10.2 Å². The van der Waals surface area contributed by atoms with Gasteiger partial charge in [0.2, 0.25) is 17.7 Å². The molecule has 0 bridgehead atoms. The highest BCUT2D eigenvalue weighted by Gasteiger charge is 2.12. The first kappa shape index (κ1) is 17.4. The Morgan fingerprint density at radius 3 is 2.67 bits per heavy atom. The van der Waals surface area contributed by atoms with Crippen molar-refractivity contribution in [1.29, 1.82) is 0 Å². The van der Waals surface area contributed by atoms with Crippen molar-refractivity contribution in [1.82, 2.24) is 15.5 Å². The number of nitrogens with one attached hydrogen (secondary N) is 1. The van der Waals surface area contributed by atoms with Crippen molar-refractivity contribution in [3.63, 3.8) is 0 Å². The van der Waals surface area contributed by atoms with Gasteiger partial charge in [-0.05, 0) is 28.6 Å². The highest BCUT2D eigenvalue weighted by atomic mass is 32.1. The van der Waals surface area contributed by atoms with E-state index in [1.54, 1.807) is 11.3 Å². The Hall–Kier alpha value is -3.03. The number of thiophene rings is 1. The van der Waals surface area contributed by atoms with E-state index in [1.807, 2.05) is 18.2 Å². The quantitative estimate of drug-likeness (QED) is 0.503. The first-order valence-corrected chi connectivity index (χ1v) is 9.39. The lowest BCUT2D eigenvalue weighted by atomic mass is 10.1. The van der Waals surface area contributed by atoms with Crippen LogP contribution in [0.2, 0.25) is 0 Å². The van der Waals surface area contributed by atoms with E-state index in [9.17, 15) is 4.79 Å². The molecule has 0 radical (unpaired) electrons. The van der Waals surface area contributed by atoms with Crippen LogP contribution in [-0.2, 0) is 17.6 Å². The molecule has 4 aromatic rings. The van der Waals surface area contributed by atoms with E-state index < -0.39 is 0 Å². The first-order valence-electron chi connectivity index (χ1n) is 8.57. The fourth-order valence-electron chi connectivity index (χ4n) is 2.88. The van der Waals surface area contributed by atoms with Crippen molar-refractivity contribution >= 4 is 27.3 Å². The zero-order valence-corrected chi connectivity index (χ0v) is 15.3. The average molecular weight is 378 g/mol.